The molecule has 0 bridgehead atoms. The predicted molar refractivity (Wildman–Crippen MR) is 99.8 cm³/mol. The minimum atomic E-state index is -0.639. The van der Waals surface area contributed by atoms with Gasteiger partial charge in [-0.2, -0.15) is 0 Å². The van der Waals surface area contributed by atoms with Gasteiger partial charge in [-0.25, -0.2) is 14.3 Å². The number of carbonyl (C=O) groups excluding carboxylic acids is 2. The first-order chi connectivity index (χ1) is 13.5. The van der Waals surface area contributed by atoms with Gasteiger partial charge in [0.15, 0.2) is 0 Å². The second kappa shape index (κ2) is 8.22. The van der Waals surface area contributed by atoms with Crippen molar-refractivity contribution >= 4 is 17.6 Å². The molecule has 0 atom stereocenters. The first-order valence-electron chi connectivity index (χ1n) is 8.77. The van der Waals surface area contributed by atoms with Crippen molar-refractivity contribution in [2.75, 3.05) is 32.5 Å². The monoisotopic (exact) mass is 386 g/mol. The highest BCUT2D eigenvalue weighted by molar-refractivity contribution is 6.03. The number of nitrogens with zero attached hydrogens (tertiary/aromatic N) is 4. The van der Waals surface area contributed by atoms with E-state index in [0.29, 0.717) is 5.69 Å². The van der Waals surface area contributed by atoms with Gasteiger partial charge in [0.1, 0.15) is 12.4 Å². The second-order valence-electron chi connectivity index (χ2n) is 6.19. The van der Waals surface area contributed by atoms with E-state index in [4.69, 9.17) is 14.2 Å². The van der Waals surface area contributed by atoms with Gasteiger partial charge in [-0.15, -0.1) is 5.10 Å². The lowest BCUT2D eigenvalue weighted by Crippen LogP contribution is -2.38. The minimum Gasteiger partial charge on any atom is -0.466 e. The van der Waals surface area contributed by atoms with Crippen molar-refractivity contribution in [1.82, 2.24) is 15.0 Å². The molecule has 0 saturated carbocycles. The molecule has 0 amide bonds. The van der Waals surface area contributed by atoms with Crippen LogP contribution in [0.3, 0.4) is 0 Å². The van der Waals surface area contributed by atoms with Crippen molar-refractivity contribution in [3.05, 3.63) is 46.9 Å². The van der Waals surface area contributed by atoms with Gasteiger partial charge in [-0.05, 0) is 31.0 Å². The fraction of sp³-hybridized carbons (Fsp3) is 0.368. The van der Waals surface area contributed by atoms with Gasteiger partial charge in [-0.3, -0.25) is 0 Å². The van der Waals surface area contributed by atoms with E-state index in [1.165, 1.54) is 14.2 Å². The molecule has 0 fully saturated rings. The van der Waals surface area contributed by atoms with Crippen LogP contribution in [-0.4, -0.2) is 54.5 Å². The van der Waals surface area contributed by atoms with Crippen LogP contribution >= 0.6 is 0 Å². The van der Waals surface area contributed by atoms with Crippen LogP contribution in [-0.2, 0) is 30.2 Å². The Morgan fingerprint density at radius 1 is 1.21 bits per heavy atom. The van der Waals surface area contributed by atoms with Gasteiger partial charge in [0.2, 0.25) is 0 Å². The molecule has 9 nitrogen and oxygen atoms in total. The number of esters is 2. The van der Waals surface area contributed by atoms with Crippen LogP contribution in [0.1, 0.15) is 18.2 Å². The average Bonchev–Trinajstić information content (AvgIpc) is 3.21. The van der Waals surface area contributed by atoms with Crippen LogP contribution in [0.5, 0.6) is 0 Å². The Morgan fingerprint density at radius 2 is 1.96 bits per heavy atom. The molecule has 0 N–H and O–H groups in total. The lowest BCUT2D eigenvalue weighted by molar-refractivity contribution is -0.140. The molecular weight excluding hydrogens is 364 g/mol. The molecule has 1 aliphatic heterocycles. The maximum Gasteiger partial charge on any atom is 0.355 e. The zero-order chi connectivity index (χ0) is 20.3. The van der Waals surface area contributed by atoms with E-state index in [1.54, 1.807) is 9.58 Å². The van der Waals surface area contributed by atoms with E-state index in [9.17, 15) is 9.59 Å². The van der Waals surface area contributed by atoms with Gasteiger partial charge in [0.25, 0.3) is 0 Å². The summed E-state index contributed by atoms with van der Waals surface area (Å²) in [4.78, 5) is 26.2. The normalized spacial score (nSPS) is 14.2. The molecule has 3 rings (SSSR count). The van der Waals surface area contributed by atoms with E-state index < -0.39 is 11.9 Å². The van der Waals surface area contributed by atoms with Crippen molar-refractivity contribution < 1.29 is 23.8 Å². The highest BCUT2D eigenvalue weighted by Gasteiger charge is 2.32. The number of aryl methyl sites for hydroxylation is 2. The number of carbonyl (C=O) groups is 2. The summed E-state index contributed by atoms with van der Waals surface area (Å²) in [5, 5.41) is 8.30. The lowest BCUT2D eigenvalue weighted by Gasteiger charge is -2.31. The maximum absolute atomic E-state index is 12.4. The molecule has 1 aromatic heterocycles. The third-order valence-corrected chi connectivity index (χ3v) is 4.49. The van der Waals surface area contributed by atoms with Crippen LogP contribution < -0.4 is 4.90 Å². The Kier molecular flexibility index (Phi) is 5.74. The van der Waals surface area contributed by atoms with E-state index in [-0.39, 0.29) is 24.6 Å². The summed E-state index contributed by atoms with van der Waals surface area (Å²) in [5.74, 6) is -1.28. The van der Waals surface area contributed by atoms with Crippen LogP contribution in [0.2, 0.25) is 0 Å². The van der Waals surface area contributed by atoms with Crippen LogP contribution in [0.15, 0.2) is 35.7 Å². The molecule has 2 heterocycles. The quantitative estimate of drug-likeness (QED) is 0.714. The van der Waals surface area contributed by atoms with Crippen molar-refractivity contribution in [2.24, 2.45) is 0 Å². The first kappa shape index (κ1) is 19.6. The minimum absolute atomic E-state index is 0.0325. The molecule has 2 aromatic rings. The highest BCUT2D eigenvalue weighted by atomic mass is 16.5. The lowest BCUT2D eigenvalue weighted by atomic mass is 10.1. The Hall–Kier alpha value is -3.20. The first-order valence-corrected chi connectivity index (χ1v) is 8.77. The largest absolute Gasteiger partial charge is 0.466 e. The van der Waals surface area contributed by atoms with Gasteiger partial charge >= 0.3 is 11.9 Å². The fourth-order valence-electron chi connectivity index (χ4n) is 2.94. The second-order valence-corrected chi connectivity index (χ2v) is 6.19. The molecule has 0 unspecified atom stereocenters. The Labute approximate surface area is 162 Å². The molecule has 28 heavy (non-hydrogen) atoms. The number of hydrogen-bond acceptors (Lipinski definition) is 8. The van der Waals surface area contributed by atoms with Gasteiger partial charge in [-0.1, -0.05) is 18.2 Å². The number of ether oxygens (including phenoxy) is 3. The Balaban J connectivity index is 2.09. The maximum atomic E-state index is 12.4. The van der Waals surface area contributed by atoms with E-state index in [2.05, 4.69) is 10.3 Å². The molecule has 0 radical (unpaired) electrons. The number of hydrogen-bond donors (Lipinski definition) is 0. The molecule has 9 heteroatoms. The van der Waals surface area contributed by atoms with Gasteiger partial charge in [0, 0.05) is 5.69 Å². The summed E-state index contributed by atoms with van der Waals surface area (Å²) in [7, 11) is 2.52. The summed E-state index contributed by atoms with van der Waals surface area (Å²) in [6.45, 7) is 4.01. The number of benzene rings is 1. The molecule has 1 aromatic carbocycles. The third-order valence-electron chi connectivity index (χ3n) is 4.49. The van der Waals surface area contributed by atoms with E-state index in [1.807, 2.05) is 38.2 Å². The van der Waals surface area contributed by atoms with Crippen molar-refractivity contribution in [3.8, 4) is 5.69 Å². The summed E-state index contributed by atoms with van der Waals surface area (Å²) in [5.41, 5.74) is 3.51. The molecular formula is C19H22N4O5. The van der Waals surface area contributed by atoms with E-state index >= 15 is 0 Å². The predicted octanol–water partition coefficient (Wildman–Crippen LogP) is 1.53. The Bertz CT molecular complexity index is 934. The molecule has 148 valence electrons. The number of aromatic nitrogens is 3. The molecule has 0 saturated heterocycles. The van der Waals surface area contributed by atoms with Crippen molar-refractivity contribution in [2.45, 2.75) is 20.3 Å². The van der Waals surface area contributed by atoms with Gasteiger partial charge in [0.05, 0.1) is 44.0 Å². The fourth-order valence-corrected chi connectivity index (χ4v) is 2.94. The molecule has 0 spiro atoms. The average molecular weight is 386 g/mol. The number of methoxy groups -OCH3 is 2. The van der Waals surface area contributed by atoms with Crippen molar-refractivity contribution in [1.29, 1.82) is 0 Å². The molecule has 0 aliphatic carbocycles. The van der Waals surface area contributed by atoms with E-state index in [0.717, 1.165) is 23.4 Å². The van der Waals surface area contributed by atoms with Crippen LogP contribution in [0, 0.1) is 6.92 Å². The van der Waals surface area contributed by atoms with Crippen LogP contribution in [0.4, 0.5) is 5.69 Å². The van der Waals surface area contributed by atoms with Crippen LogP contribution in [0.25, 0.3) is 5.69 Å². The number of rotatable bonds is 5. The number of anilines is 1. The third kappa shape index (κ3) is 3.61. The summed E-state index contributed by atoms with van der Waals surface area (Å²) < 4.78 is 16.9. The summed E-state index contributed by atoms with van der Waals surface area (Å²) in [6, 6.07) is 5.60. The Morgan fingerprint density at radius 3 is 2.61 bits per heavy atom. The molecule has 1 aliphatic rings. The standard InChI is InChI=1S/C19H22N4O5/c1-5-13-9-23(21-20-13)16-8-14(7-6-12(16)2)22-11-28-10-15(18(24)26-3)17(22)19(25)27-4/h6-9H,5,10-11H2,1-4H3. The highest BCUT2D eigenvalue weighted by Crippen LogP contribution is 2.29. The summed E-state index contributed by atoms with van der Waals surface area (Å²) >= 11 is 0. The topological polar surface area (TPSA) is 95.8 Å². The van der Waals surface area contributed by atoms with Gasteiger partial charge < -0.3 is 19.1 Å². The SMILES string of the molecule is CCc1cn(-c2cc(N3COCC(C(=O)OC)=C3C(=O)OC)ccc2C)nn1. The van der Waals surface area contributed by atoms with Crippen molar-refractivity contribution in [3.63, 3.8) is 0 Å². The zero-order valence-electron chi connectivity index (χ0n) is 16.3. The smallest absolute Gasteiger partial charge is 0.355 e. The zero-order valence-corrected chi connectivity index (χ0v) is 16.3. The summed E-state index contributed by atoms with van der Waals surface area (Å²) in [6.07, 6.45) is 2.63.